The fourth-order valence-corrected chi connectivity index (χ4v) is 4.11. The Labute approximate surface area is 148 Å². The zero-order valence-corrected chi connectivity index (χ0v) is 16.1. The summed E-state index contributed by atoms with van der Waals surface area (Å²) in [7, 11) is 1.97. The normalized spacial score (nSPS) is 25.8. The van der Waals surface area contributed by atoms with Crippen LogP contribution in [0.3, 0.4) is 0 Å². The highest BCUT2D eigenvalue weighted by Crippen LogP contribution is 2.29. The number of rotatable bonds is 5. The Kier molecular flexibility index (Phi) is 7.12. The van der Waals surface area contributed by atoms with Crippen LogP contribution < -0.4 is 0 Å². The van der Waals surface area contributed by atoms with Crippen molar-refractivity contribution in [2.45, 2.75) is 65.7 Å². The third-order valence-corrected chi connectivity index (χ3v) is 6.03. The molecular weight excluding hydrogens is 300 g/mol. The molecule has 0 N–H and O–H groups in total. The van der Waals surface area contributed by atoms with Gasteiger partial charge >= 0.3 is 0 Å². The van der Waals surface area contributed by atoms with E-state index in [-0.39, 0.29) is 17.7 Å². The number of carbonyl (C=O) groups excluding carboxylic acids is 2. The minimum absolute atomic E-state index is 0.100. The molecule has 1 aliphatic heterocycles. The van der Waals surface area contributed by atoms with E-state index in [4.69, 9.17) is 0 Å². The number of piperidine rings is 1. The summed E-state index contributed by atoms with van der Waals surface area (Å²) in [5, 5.41) is 0. The van der Waals surface area contributed by atoms with Gasteiger partial charge in [-0.2, -0.15) is 0 Å². The van der Waals surface area contributed by atoms with E-state index in [9.17, 15) is 9.59 Å². The molecule has 0 atom stereocenters. The lowest BCUT2D eigenvalue weighted by Crippen LogP contribution is -2.41. The Bertz CT molecular complexity index is 419. The standard InChI is InChI=1S/C20H36N2O2/c1-15(2)19(23)22-13-10-17(11-14-22)9-12-21(4)20(24)18-7-5-16(3)6-8-18/h15-18H,5-14H2,1-4H3. The predicted octanol–water partition coefficient (Wildman–Crippen LogP) is 3.56. The van der Waals surface area contributed by atoms with Gasteiger partial charge in [-0.1, -0.05) is 20.8 Å². The second-order valence-electron chi connectivity index (χ2n) is 8.43. The van der Waals surface area contributed by atoms with E-state index in [1.54, 1.807) is 0 Å². The van der Waals surface area contributed by atoms with Crippen molar-refractivity contribution in [3.63, 3.8) is 0 Å². The molecule has 0 radical (unpaired) electrons. The highest BCUT2D eigenvalue weighted by atomic mass is 16.2. The van der Waals surface area contributed by atoms with E-state index >= 15 is 0 Å². The molecule has 2 aliphatic rings. The maximum Gasteiger partial charge on any atom is 0.225 e. The van der Waals surface area contributed by atoms with Crippen LogP contribution in [0.1, 0.15) is 65.7 Å². The first-order chi connectivity index (χ1) is 11.4. The summed E-state index contributed by atoms with van der Waals surface area (Å²) < 4.78 is 0. The van der Waals surface area contributed by atoms with Gasteiger partial charge in [0.2, 0.25) is 11.8 Å². The molecule has 2 fully saturated rings. The van der Waals surface area contributed by atoms with E-state index in [0.717, 1.165) is 57.7 Å². The second-order valence-corrected chi connectivity index (χ2v) is 8.43. The van der Waals surface area contributed by atoms with Gasteiger partial charge in [-0.25, -0.2) is 0 Å². The number of likely N-dealkylation sites (tertiary alicyclic amines) is 1. The molecule has 0 aromatic heterocycles. The van der Waals surface area contributed by atoms with Crippen LogP contribution in [-0.4, -0.2) is 48.3 Å². The Morgan fingerprint density at radius 2 is 1.62 bits per heavy atom. The van der Waals surface area contributed by atoms with Crippen LogP contribution in [-0.2, 0) is 9.59 Å². The van der Waals surface area contributed by atoms with Crippen LogP contribution in [0.25, 0.3) is 0 Å². The molecule has 1 saturated heterocycles. The fraction of sp³-hybridized carbons (Fsp3) is 0.900. The number of hydrogen-bond donors (Lipinski definition) is 0. The van der Waals surface area contributed by atoms with Crippen molar-refractivity contribution >= 4 is 11.8 Å². The van der Waals surface area contributed by atoms with Crippen molar-refractivity contribution in [1.29, 1.82) is 0 Å². The predicted molar refractivity (Wildman–Crippen MR) is 97.5 cm³/mol. The van der Waals surface area contributed by atoms with E-state index in [0.29, 0.717) is 11.8 Å². The molecule has 4 heteroatoms. The number of nitrogens with zero attached hydrogens (tertiary/aromatic N) is 2. The molecule has 2 amide bonds. The molecule has 0 aromatic rings. The van der Waals surface area contributed by atoms with Gasteiger partial charge in [0.25, 0.3) is 0 Å². The summed E-state index contributed by atoms with van der Waals surface area (Å²) in [5.74, 6) is 2.45. The lowest BCUT2D eigenvalue weighted by molar-refractivity contribution is -0.135. The molecule has 0 aromatic carbocycles. The van der Waals surface area contributed by atoms with E-state index in [1.165, 1.54) is 12.8 Å². The first-order valence-electron chi connectivity index (χ1n) is 9.92. The van der Waals surface area contributed by atoms with Gasteiger partial charge in [-0.05, 0) is 56.8 Å². The summed E-state index contributed by atoms with van der Waals surface area (Å²) in [4.78, 5) is 28.6. The maximum atomic E-state index is 12.6. The smallest absolute Gasteiger partial charge is 0.225 e. The number of hydrogen-bond acceptors (Lipinski definition) is 2. The molecule has 1 aliphatic carbocycles. The van der Waals surface area contributed by atoms with Crippen LogP contribution in [0, 0.1) is 23.7 Å². The largest absolute Gasteiger partial charge is 0.346 e. The Morgan fingerprint density at radius 1 is 1.04 bits per heavy atom. The number of carbonyl (C=O) groups is 2. The average Bonchev–Trinajstić information content (AvgIpc) is 2.59. The molecular formula is C20H36N2O2. The highest BCUT2D eigenvalue weighted by molar-refractivity contribution is 5.78. The third kappa shape index (κ3) is 5.22. The fourth-order valence-electron chi connectivity index (χ4n) is 4.11. The summed E-state index contributed by atoms with van der Waals surface area (Å²) in [6.45, 7) is 8.89. The monoisotopic (exact) mass is 336 g/mol. The maximum absolute atomic E-state index is 12.6. The molecule has 138 valence electrons. The van der Waals surface area contributed by atoms with Crippen molar-refractivity contribution in [1.82, 2.24) is 9.80 Å². The lowest BCUT2D eigenvalue weighted by Gasteiger charge is -2.34. The summed E-state index contributed by atoms with van der Waals surface area (Å²) in [5.41, 5.74) is 0. The molecule has 2 rings (SSSR count). The first-order valence-corrected chi connectivity index (χ1v) is 9.92. The van der Waals surface area contributed by atoms with Gasteiger partial charge < -0.3 is 9.80 Å². The molecule has 1 saturated carbocycles. The molecule has 4 nitrogen and oxygen atoms in total. The van der Waals surface area contributed by atoms with Crippen LogP contribution in [0.15, 0.2) is 0 Å². The molecule has 1 heterocycles. The average molecular weight is 337 g/mol. The Balaban J connectivity index is 1.68. The van der Waals surface area contributed by atoms with Crippen LogP contribution in [0.4, 0.5) is 0 Å². The Morgan fingerprint density at radius 3 is 2.17 bits per heavy atom. The van der Waals surface area contributed by atoms with Crippen molar-refractivity contribution < 1.29 is 9.59 Å². The second kappa shape index (κ2) is 8.87. The molecule has 0 bridgehead atoms. The van der Waals surface area contributed by atoms with Crippen molar-refractivity contribution in [3.8, 4) is 0 Å². The summed E-state index contributed by atoms with van der Waals surface area (Å²) in [6, 6.07) is 0. The Hall–Kier alpha value is -1.06. The zero-order chi connectivity index (χ0) is 17.7. The number of amides is 2. The first kappa shape index (κ1) is 19.3. The molecule has 0 spiro atoms. The van der Waals surface area contributed by atoms with E-state index < -0.39 is 0 Å². The van der Waals surface area contributed by atoms with Crippen molar-refractivity contribution in [2.24, 2.45) is 23.7 Å². The topological polar surface area (TPSA) is 40.6 Å². The highest BCUT2D eigenvalue weighted by Gasteiger charge is 2.28. The SMILES string of the molecule is CC1CCC(C(=O)N(C)CCC2CCN(C(=O)C(C)C)CC2)CC1. The molecule has 24 heavy (non-hydrogen) atoms. The minimum Gasteiger partial charge on any atom is -0.346 e. The van der Waals surface area contributed by atoms with Crippen LogP contribution >= 0.6 is 0 Å². The third-order valence-electron chi connectivity index (χ3n) is 6.03. The summed E-state index contributed by atoms with van der Waals surface area (Å²) in [6.07, 6.45) is 7.79. The van der Waals surface area contributed by atoms with Gasteiger partial charge in [0, 0.05) is 38.5 Å². The molecule has 0 unspecified atom stereocenters. The van der Waals surface area contributed by atoms with E-state index in [1.807, 2.05) is 30.7 Å². The van der Waals surface area contributed by atoms with Crippen molar-refractivity contribution in [3.05, 3.63) is 0 Å². The van der Waals surface area contributed by atoms with Gasteiger partial charge in [-0.15, -0.1) is 0 Å². The van der Waals surface area contributed by atoms with Gasteiger partial charge in [0.1, 0.15) is 0 Å². The van der Waals surface area contributed by atoms with Gasteiger partial charge in [0.05, 0.1) is 0 Å². The van der Waals surface area contributed by atoms with Crippen molar-refractivity contribution in [2.75, 3.05) is 26.7 Å². The zero-order valence-electron chi connectivity index (χ0n) is 16.1. The van der Waals surface area contributed by atoms with Crippen LogP contribution in [0.5, 0.6) is 0 Å². The minimum atomic E-state index is 0.100. The van der Waals surface area contributed by atoms with E-state index in [2.05, 4.69) is 6.92 Å². The quantitative estimate of drug-likeness (QED) is 0.770. The lowest BCUT2D eigenvalue weighted by atomic mass is 9.82. The van der Waals surface area contributed by atoms with Gasteiger partial charge in [-0.3, -0.25) is 9.59 Å². The van der Waals surface area contributed by atoms with Gasteiger partial charge in [0.15, 0.2) is 0 Å². The summed E-state index contributed by atoms with van der Waals surface area (Å²) >= 11 is 0. The van der Waals surface area contributed by atoms with Crippen LogP contribution in [0.2, 0.25) is 0 Å².